The maximum absolute atomic E-state index is 11.0. The molecule has 0 aliphatic heterocycles. The standard InChI is InChI=1S/C10H15NO6/c12-7(13)10(8(14)15,9(16)17)11-6-4-2-1-3-5-6/h6,11H,1-5H2,(H,12,13)(H,14,15)(H,16,17). The van der Waals surface area contributed by atoms with Gasteiger partial charge in [0.1, 0.15) is 0 Å². The molecule has 0 unspecified atom stereocenters. The minimum atomic E-state index is -2.94. The van der Waals surface area contributed by atoms with Crippen molar-refractivity contribution in [3.63, 3.8) is 0 Å². The minimum Gasteiger partial charge on any atom is -0.479 e. The highest BCUT2D eigenvalue weighted by Crippen LogP contribution is 2.20. The Morgan fingerprint density at radius 3 is 1.65 bits per heavy atom. The molecule has 1 rings (SSSR count). The lowest BCUT2D eigenvalue weighted by molar-refractivity contribution is -0.170. The zero-order chi connectivity index (χ0) is 13.1. The number of nitrogens with one attached hydrogen (secondary N) is 1. The summed E-state index contributed by atoms with van der Waals surface area (Å²) < 4.78 is 0. The Kier molecular flexibility index (Phi) is 4.06. The van der Waals surface area contributed by atoms with Gasteiger partial charge >= 0.3 is 23.4 Å². The van der Waals surface area contributed by atoms with Gasteiger partial charge in [0.2, 0.25) is 0 Å². The largest absolute Gasteiger partial charge is 0.479 e. The van der Waals surface area contributed by atoms with Gasteiger partial charge in [-0.3, -0.25) is 5.32 Å². The lowest BCUT2D eigenvalue weighted by Gasteiger charge is -2.30. The second kappa shape index (κ2) is 5.13. The van der Waals surface area contributed by atoms with Gasteiger partial charge in [-0.1, -0.05) is 19.3 Å². The fourth-order valence-electron chi connectivity index (χ4n) is 2.01. The summed E-state index contributed by atoms with van der Waals surface area (Å²) in [5.74, 6) is -5.70. The summed E-state index contributed by atoms with van der Waals surface area (Å²) in [5.41, 5.74) is -2.94. The summed E-state index contributed by atoms with van der Waals surface area (Å²) in [6.07, 6.45) is 3.86. The molecule has 0 atom stereocenters. The molecule has 0 bridgehead atoms. The molecule has 96 valence electrons. The molecule has 0 aromatic carbocycles. The van der Waals surface area contributed by atoms with E-state index in [0.717, 1.165) is 19.3 Å². The molecule has 0 spiro atoms. The van der Waals surface area contributed by atoms with Crippen molar-refractivity contribution in [2.75, 3.05) is 0 Å². The zero-order valence-electron chi connectivity index (χ0n) is 9.18. The van der Waals surface area contributed by atoms with Crippen LogP contribution < -0.4 is 5.32 Å². The number of carboxylic acids is 3. The minimum absolute atomic E-state index is 0.382. The van der Waals surface area contributed by atoms with Gasteiger partial charge in [0, 0.05) is 6.04 Å². The highest BCUT2D eigenvalue weighted by molar-refractivity contribution is 6.21. The van der Waals surface area contributed by atoms with Crippen molar-refractivity contribution in [2.24, 2.45) is 0 Å². The van der Waals surface area contributed by atoms with E-state index in [0.29, 0.717) is 12.8 Å². The molecule has 0 radical (unpaired) electrons. The quantitative estimate of drug-likeness (QED) is 0.498. The molecule has 4 N–H and O–H groups in total. The molecule has 17 heavy (non-hydrogen) atoms. The lowest BCUT2D eigenvalue weighted by Crippen LogP contribution is -2.66. The Morgan fingerprint density at radius 2 is 1.29 bits per heavy atom. The number of rotatable bonds is 5. The Morgan fingerprint density at radius 1 is 0.882 bits per heavy atom. The highest BCUT2D eigenvalue weighted by Gasteiger charge is 2.55. The van der Waals surface area contributed by atoms with Crippen LogP contribution in [0.25, 0.3) is 0 Å². The Hall–Kier alpha value is -1.63. The summed E-state index contributed by atoms with van der Waals surface area (Å²) >= 11 is 0. The van der Waals surface area contributed by atoms with Crippen molar-refractivity contribution in [3.8, 4) is 0 Å². The molecule has 1 saturated carbocycles. The average Bonchev–Trinajstić information content (AvgIpc) is 2.25. The van der Waals surface area contributed by atoms with E-state index in [1.54, 1.807) is 0 Å². The molecule has 0 heterocycles. The first-order valence-corrected chi connectivity index (χ1v) is 5.39. The van der Waals surface area contributed by atoms with E-state index in [4.69, 9.17) is 15.3 Å². The molecule has 7 nitrogen and oxygen atoms in total. The molecule has 1 fully saturated rings. The number of hydrogen-bond acceptors (Lipinski definition) is 4. The van der Waals surface area contributed by atoms with Crippen molar-refractivity contribution in [2.45, 2.75) is 43.7 Å². The SMILES string of the molecule is O=C(O)C(NC1CCCCC1)(C(=O)O)C(=O)O. The van der Waals surface area contributed by atoms with Crippen LogP contribution in [0.5, 0.6) is 0 Å². The first-order valence-electron chi connectivity index (χ1n) is 5.39. The molecule has 0 amide bonds. The Balaban J connectivity index is 2.92. The third kappa shape index (κ3) is 2.55. The predicted octanol–water partition coefficient (Wildman–Crippen LogP) is -0.0987. The van der Waals surface area contributed by atoms with E-state index in [2.05, 4.69) is 5.32 Å². The molecular weight excluding hydrogens is 230 g/mol. The summed E-state index contributed by atoms with van der Waals surface area (Å²) in [6, 6.07) is -0.382. The maximum atomic E-state index is 11.0. The molecular formula is C10H15NO6. The summed E-state index contributed by atoms with van der Waals surface area (Å²) in [7, 11) is 0. The van der Waals surface area contributed by atoms with Crippen molar-refractivity contribution in [3.05, 3.63) is 0 Å². The maximum Gasteiger partial charge on any atom is 0.347 e. The van der Waals surface area contributed by atoms with E-state index >= 15 is 0 Å². The lowest BCUT2D eigenvalue weighted by atomic mass is 9.91. The van der Waals surface area contributed by atoms with Crippen molar-refractivity contribution in [1.82, 2.24) is 5.32 Å². The smallest absolute Gasteiger partial charge is 0.347 e. The van der Waals surface area contributed by atoms with Crippen LogP contribution in [-0.4, -0.2) is 44.8 Å². The van der Waals surface area contributed by atoms with Crippen molar-refractivity contribution < 1.29 is 29.7 Å². The van der Waals surface area contributed by atoms with Crippen molar-refractivity contribution in [1.29, 1.82) is 0 Å². The molecule has 7 heteroatoms. The summed E-state index contributed by atoms with van der Waals surface area (Å²) in [4.78, 5) is 32.9. The van der Waals surface area contributed by atoms with Gasteiger partial charge in [0.25, 0.3) is 0 Å². The second-order valence-electron chi connectivity index (χ2n) is 4.14. The Labute approximate surface area is 97.4 Å². The van der Waals surface area contributed by atoms with Gasteiger partial charge < -0.3 is 15.3 Å². The van der Waals surface area contributed by atoms with Crippen LogP contribution in [0.1, 0.15) is 32.1 Å². The van der Waals surface area contributed by atoms with Gasteiger partial charge in [0.05, 0.1) is 0 Å². The van der Waals surface area contributed by atoms with Crippen LogP contribution in [-0.2, 0) is 14.4 Å². The van der Waals surface area contributed by atoms with Crippen LogP contribution >= 0.6 is 0 Å². The summed E-state index contributed by atoms with van der Waals surface area (Å²) in [6.45, 7) is 0. The summed E-state index contributed by atoms with van der Waals surface area (Å²) in [5, 5.41) is 28.9. The first kappa shape index (κ1) is 13.4. The van der Waals surface area contributed by atoms with E-state index < -0.39 is 23.4 Å². The van der Waals surface area contributed by atoms with E-state index in [-0.39, 0.29) is 6.04 Å². The molecule has 0 saturated heterocycles. The van der Waals surface area contributed by atoms with Crippen molar-refractivity contribution >= 4 is 17.9 Å². The number of hydrogen-bond donors (Lipinski definition) is 4. The third-order valence-electron chi connectivity index (χ3n) is 2.99. The molecule has 0 aromatic heterocycles. The van der Waals surface area contributed by atoms with Gasteiger partial charge in [-0.25, -0.2) is 14.4 Å². The number of aliphatic carboxylic acids is 3. The molecule has 0 aromatic rings. The van der Waals surface area contributed by atoms with Crippen LogP contribution in [0, 0.1) is 0 Å². The van der Waals surface area contributed by atoms with Crippen LogP contribution in [0.3, 0.4) is 0 Å². The normalized spacial score (nSPS) is 17.6. The van der Waals surface area contributed by atoms with E-state index in [9.17, 15) is 14.4 Å². The highest BCUT2D eigenvalue weighted by atomic mass is 16.4. The first-order chi connectivity index (χ1) is 7.91. The van der Waals surface area contributed by atoms with Gasteiger partial charge in [-0.05, 0) is 12.8 Å². The fraction of sp³-hybridized carbons (Fsp3) is 0.700. The van der Waals surface area contributed by atoms with Gasteiger partial charge in [-0.2, -0.15) is 0 Å². The zero-order valence-corrected chi connectivity index (χ0v) is 9.18. The number of carboxylic acid groups (broad SMARTS) is 3. The fourth-order valence-corrected chi connectivity index (χ4v) is 2.01. The second-order valence-corrected chi connectivity index (χ2v) is 4.14. The van der Waals surface area contributed by atoms with Gasteiger partial charge in [-0.15, -0.1) is 0 Å². The van der Waals surface area contributed by atoms with Crippen LogP contribution in [0.2, 0.25) is 0 Å². The van der Waals surface area contributed by atoms with Crippen LogP contribution in [0.15, 0.2) is 0 Å². The number of carbonyl (C=O) groups is 3. The topological polar surface area (TPSA) is 124 Å². The third-order valence-corrected chi connectivity index (χ3v) is 2.99. The monoisotopic (exact) mass is 245 g/mol. The Bertz CT molecular complexity index is 298. The predicted molar refractivity (Wildman–Crippen MR) is 55.6 cm³/mol. The molecule has 1 aliphatic rings. The van der Waals surface area contributed by atoms with E-state index in [1.165, 1.54) is 0 Å². The van der Waals surface area contributed by atoms with Gasteiger partial charge in [0.15, 0.2) is 0 Å². The van der Waals surface area contributed by atoms with Crippen LogP contribution in [0.4, 0.5) is 0 Å². The molecule has 1 aliphatic carbocycles. The average molecular weight is 245 g/mol. The van der Waals surface area contributed by atoms with E-state index in [1.807, 2.05) is 0 Å².